The van der Waals surface area contributed by atoms with E-state index in [0.29, 0.717) is 11.3 Å². The van der Waals surface area contributed by atoms with E-state index in [0.717, 1.165) is 14.2 Å². The fraction of sp³-hybridized carbons (Fsp3) is 0.429. The van der Waals surface area contributed by atoms with Crippen LogP contribution in [0.15, 0.2) is 24.3 Å². The molecule has 22 heavy (non-hydrogen) atoms. The van der Waals surface area contributed by atoms with Gasteiger partial charge in [0.15, 0.2) is 5.92 Å². The molecule has 0 aliphatic rings. The topological polar surface area (TPSA) is 105 Å². The van der Waals surface area contributed by atoms with Gasteiger partial charge in [-0.2, -0.15) is 0 Å². The lowest BCUT2D eigenvalue weighted by atomic mass is 9.95. The summed E-state index contributed by atoms with van der Waals surface area (Å²) in [7, 11) is 3.68. The second-order valence-electron chi connectivity index (χ2n) is 4.41. The van der Waals surface area contributed by atoms with Gasteiger partial charge in [-0.05, 0) is 24.3 Å². The summed E-state index contributed by atoms with van der Waals surface area (Å²) in [5.41, 5.74) is 0.351. The van der Waals surface area contributed by atoms with Crippen molar-refractivity contribution >= 4 is 11.9 Å². The van der Waals surface area contributed by atoms with Gasteiger partial charge in [0.2, 0.25) is 6.04 Å². The quantitative estimate of drug-likeness (QED) is 0.324. The molecule has 0 fully saturated rings. The molecule has 8 heteroatoms. The van der Waals surface area contributed by atoms with E-state index in [4.69, 9.17) is 4.74 Å². The van der Waals surface area contributed by atoms with Crippen molar-refractivity contribution in [2.24, 2.45) is 5.92 Å². The zero-order valence-electron chi connectivity index (χ0n) is 12.5. The molecule has 0 saturated carbocycles. The Bertz CT molecular complexity index is 525. The third-order valence-electron chi connectivity index (χ3n) is 3.19. The molecule has 0 unspecified atom stereocenters. The van der Waals surface area contributed by atoms with Crippen LogP contribution in [-0.2, 0) is 19.1 Å². The van der Waals surface area contributed by atoms with Crippen molar-refractivity contribution in [2.45, 2.75) is 12.5 Å². The first kappa shape index (κ1) is 17.4. The summed E-state index contributed by atoms with van der Waals surface area (Å²) in [6.07, 6.45) is -0.349. The average molecular weight is 311 g/mol. The van der Waals surface area contributed by atoms with Crippen molar-refractivity contribution in [2.75, 3.05) is 21.3 Å². The van der Waals surface area contributed by atoms with Crippen LogP contribution in [0.25, 0.3) is 0 Å². The highest BCUT2D eigenvalue weighted by Crippen LogP contribution is 2.27. The molecule has 1 aromatic carbocycles. The first-order valence-corrected chi connectivity index (χ1v) is 6.37. The number of benzene rings is 1. The van der Waals surface area contributed by atoms with E-state index < -0.39 is 28.8 Å². The van der Waals surface area contributed by atoms with Crippen LogP contribution in [-0.4, -0.2) is 38.2 Å². The van der Waals surface area contributed by atoms with Crippen molar-refractivity contribution in [1.29, 1.82) is 0 Å². The fourth-order valence-corrected chi connectivity index (χ4v) is 1.97. The predicted molar refractivity (Wildman–Crippen MR) is 74.9 cm³/mol. The standard InChI is InChI=1S/C14H17NO7/c1-20-10-6-4-9(5-7-10)12(15(18)19)8-11(13(16)21-2)14(17)22-3/h4-7,11-12H,8H2,1-3H3/t12-/m0/s1. The van der Waals surface area contributed by atoms with Gasteiger partial charge < -0.3 is 14.2 Å². The Labute approximate surface area is 127 Å². The normalized spacial score (nSPS) is 11.6. The number of ether oxygens (including phenoxy) is 3. The number of rotatable bonds is 7. The van der Waals surface area contributed by atoms with Crippen molar-refractivity contribution in [3.8, 4) is 5.75 Å². The van der Waals surface area contributed by atoms with Crippen molar-refractivity contribution < 1.29 is 28.7 Å². The minimum atomic E-state index is -1.35. The molecule has 0 N–H and O–H groups in total. The number of hydrogen-bond acceptors (Lipinski definition) is 7. The SMILES string of the molecule is COC(=O)C(C[C@@H](c1ccc(OC)cc1)[N+](=O)[O-])C(=O)OC. The van der Waals surface area contributed by atoms with E-state index in [1.54, 1.807) is 12.1 Å². The number of carbonyl (C=O) groups excluding carboxylic acids is 2. The zero-order valence-corrected chi connectivity index (χ0v) is 12.5. The molecule has 0 radical (unpaired) electrons. The van der Waals surface area contributed by atoms with E-state index >= 15 is 0 Å². The summed E-state index contributed by atoms with van der Waals surface area (Å²) >= 11 is 0. The largest absolute Gasteiger partial charge is 0.497 e. The van der Waals surface area contributed by atoms with Crippen LogP contribution >= 0.6 is 0 Å². The van der Waals surface area contributed by atoms with Gasteiger partial charge in [-0.15, -0.1) is 0 Å². The minimum absolute atomic E-state index is 0.349. The first-order valence-electron chi connectivity index (χ1n) is 6.37. The summed E-state index contributed by atoms with van der Waals surface area (Å²) in [5, 5.41) is 11.3. The lowest BCUT2D eigenvalue weighted by Gasteiger charge is -2.15. The van der Waals surface area contributed by atoms with Crippen molar-refractivity contribution in [3.05, 3.63) is 39.9 Å². The minimum Gasteiger partial charge on any atom is -0.497 e. The summed E-state index contributed by atoms with van der Waals surface area (Å²) in [5.74, 6) is -2.55. The van der Waals surface area contributed by atoms with Gasteiger partial charge in [0.1, 0.15) is 5.75 Å². The number of nitro groups is 1. The molecule has 0 heterocycles. The van der Waals surface area contributed by atoms with E-state index in [-0.39, 0.29) is 6.42 Å². The summed E-state index contributed by atoms with van der Waals surface area (Å²) < 4.78 is 14.0. The van der Waals surface area contributed by atoms with Gasteiger partial charge in [0.25, 0.3) is 0 Å². The number of carbonyl (C=O) groups is 2. The van der Waals surface area contributed by atoms with Crippen LogP contribution in [0.2, 0.25) is 0 Å². The van der Waals surface area contributed by atoms with Crippen LogP contribution in [0.4, 0.5) is 0 Å². The van der Waals surface area contributed by atoms with Crippen molar-refractivity contribution in [3.63, 3.8) is 0 Å². The first-order chi connectivity index (χ1) is 10.4. The third kappa shape index (κ3) is 4.18. The average Bonchev–Trinajstić information content (AvgIpc) is 2.54. The number of nitrogens with zero attached hydrogens (tertiary/aromatic N) is 1. The Morgan fingerprint density at radius 3 is 1.95 bits per heavy atom. The molecule has 1 aromatic rings. The number of esters is 2. The number of hydrogen-bond donors (Lipinski definition) is 0. The van der Waals surface area contributed by atoms with Crippen LogP contribution < -0.4 is 4.74 Å². The third-order valence-corrected chi connectivity index (χ3v) is 3.19. The molecule has 1 atom stereocenters. The van der Waals surface area contributed by atoms with Crippen molar-refractivity contribution in [1.82, 2.24) is 0 Å². The Kier molecular flexibility index (Phi) is 6.30. The van der Waals surface area contributed by atoms with E-state index in [2.05, 4.69) is 9.47 Å². The molecule has 0 aliphatic carbocycles. The molecule has 0 aliphatic heterocycles. The lowest BCUT2D eigenvalue weighted by molar-refractivity contribution is -0.530. The Morgan fingerprint density at radius 1 is 1.09 bits per heavy atom. The molecule has 120 valence electrons. The Balaban J connectivity index is 3.05. The summed E-state index contributed by atoms with van der Waals surface area (Å²) in [6.45, 7) is 0. The van der Waals surface area contributed by atoms with Gasteiger partial charge in [0, 0.05) is 16.9 Å². The summed E-state index contributed by atoms with van der Waals surface area (Å²) in [6, 6.07) is 4.92. The highest BCUT2D eigenvalue weighted by Gasteiger charge is 2.37. The molecule has 0 bridgehead atoms. The predicted octanol–water partition coefficient (Wildman–Crippen LogP) is 1.37. The smallest absolute Gasteiger partial charge is 0.320 e. The maximum Gasteiger partial charge on any atom is 0.320 e. The summed E-state index contributed by atoms with van der Waals surface area (Å²) in [4.78, 5) is 34.0. The van der Waals surface area contributed by atoms with Gasteiger partial charge in [-0.3, -0.25) is 19.7 Å². The van der Waals surface area contributed by atoms with E-state index in [1.807, 2.05) is 0 Å². The second kappa shape index (κ2) is 7.96. The van der Waals surface area contributed by atoms with Crippen LogP contribution in [0.5, 0.6) is 5.75 Å². The molecule has 0 amide bonds. The molecule has 1 rings (SSSR count). The monoisotopic (exact) mass is 311 g/mol. The maximum atomic E-state index is 11.6. The molecular formula is C14H17NO7. The zero-order chi connectivity index (χ0) is 16.7. The fourth-order valence-electron chi connectivity index (χ4n) is 1.97. The number of methoxy groups -OCH3 is 3. The second-order valence-corrected chi connectivity index (χ2v) is 4.41. The molecule has 8 nitrogen and oxygen atoms in total. The van der Waals surface area contributed by atoms with E-state index in [9.17, 15) is 19.7 Å². The van der Waals surface area contributed by atoms with Gasteiger partial charge >= 0.3 is 11.9 Å². The van der Waals surface area contributed by atoms with Crippen LogP contribution in [0, 0.1) is 16.0 Å². The maximum absolute atomic E-state index is 11.6. The van der Waals surface area contributed by atoms with Gasteiger partial charge in [-0.1, -0.05) is 0 Å². The van der Waals surface area contributed by atoms with E-state index in [1.165, 1.54) is 19.2 Å². The molecule has 0 saturated heterocycles. The lowest BCUT2D eigenvalue weighted by Crippen LogP contribution is -2.30. The van der Waals surface area contributed by atoms with Crippen LogP contribution in [0.3, 0.4) is 0 Å². The Morgan fingerprint density at radius 2 is 1.59 bits per heavy atom. The van der Waals surface area contributed by atoms with Gasteiger partial charge in [-0.25, -0.2) is 0 Å². The van der Waals surface area contributed by atoms with Crippen LogP contribution in [0.1, 0.15) is 18.0 Å². The van der Waals surface area contributed by atoms with Gasteiger partial charge in [0.05, 0.1) is 21.3 Å². The molecular weight excluding hydrogens is 294 g/mol. The molecule has 0 aromatic heterocycles. The Hall–Kier alpha value is -2.64. The highest BCUT2D eigenvalue weighted by atomic mass is 16.6. The molecule has 0 spiro atoms. The highest BCUT2D eigenvalue weighted by molar-refractivity contribution is 5.94.